The number of aryl methyl sites for hydroxylation is 1. The second-order valence-corrected chi connectivity index (χ2v) is 7.41. The first-order valence-corrected chi connectivity index (χ1v) is 9.01. The summed E-state index contributed by atoms with van der Waals surface area (Å²) in [6, 6.07) is 7.40. The number of amides is 1. The zero-order chi connectivity index (χ0) is 17.4. The fourth-order valence-electron chi connectivity index (χ4n) is 4.21. The molecule has 0 saturated carbocycles. The van der Waals surface area contributed by atoms with Crippen molar-refractivity contribution in [2.24, 2.45) is 12.5 Å². The molecule has 4 rings (SSSR count). The Balaban J connectivity index is 0.00000196. The second kappa shape index (κ2) is 7.37. The van der Waals surface area contributed by atoms with Crippen LogP contribution in [0.15, 0.2) is 29.1 Å². The van der Waals surface area contributed by atoms with Crippen LogP contribution < -0.4 is 10.9 Å². The van der Waals surface area contributed by atoms with Gasteiger partial charge in [0, 0.05) is 32.1 Å². The summed E-state index contributed by atoms with van der Waals surface area (Å²) in [6.07, 6.45) is 3.63. The van der Waals surface area contributed by atoms with Crippen molar-refractivity contribution in [2.45, 2.75) is 25.7 Å². The Hall–Kier alpha value is -1.92. The Morgan fingerprint density at radius 3 is 2.54 bits per heavy atom. The molecule has 140 valence electrons. The van der Waals surface area contributed by atoms with Gasteiger partial charge in [-0.05, 0) is 37.3 Å². The third-order valence-corrected chi connectivity index (χ3v) is 5.86. The van der Waals surface area contributed by atoms with E-state index >= 15 is 0 Å². The first-order chi connectivity index (χ1) is 12.1. The molecule has 0 radical (unpaired) electrons. The van der Waals surface area contributed by atoms with Crippen LogP contribution in [0, 0.1) is 5.41 Å². The lowest BCUT2D eigenvalue weighted by Gasteiger charge is -2.38. The molecule has 1 aromatic heterocycles. The molecule has 1 spiro atoms. The number of nitrogens with zero attached hydrogens (tertiary/aromatic N) is 3. The number of hydrogen-bond donors (Lipinski definition) is 1. The van der Waals surface area contributed by atoms with Gasteiger partial charge in [0.25, 0.3) is 5.56 Å². The minimum atomic E-state index is -0.125. The third-order valence-electron chi connectivity index (χ3n) is 5.86. The molecule has 1 N–H and O–H groups in total. The highest BCUT2D eigenvalue weighted by molar-refractivity contribution is 5.88. The molecule has 6 nitrogen and oxygen atoms in total. The number of halogens is 1. The first-order valence-electron chi connectivity index (χ1n) is 9.01. The predicted molar refractivity (Wildman–Crippen MR) is 104 cm³/mol. The lowest BCUT2D eigenvalue weighted by Crippen LogP contribution is -2.44. The fraction of sp³-hybridized carbons (Fsp3) is 0.526. The summed E-state index contributed by atoms with van der Waals surface area (Å²) in [4.78, 5) is 27.0. The highest BCUT2D eigenvalue weighted by Crippen LogP contribution is 2.37. The SMILES string of the molecule is Cl.Cn1nc(CC(=O)N2CCC3(CCNC3)CC2)c2ccccc2c1=O. The minimum Gasteiger partial charge on any atom is -0.342 e. The molecule has 0 unspecified atom stereocenters. The van der Waals surface area contributed by atoms with Gasteiger partial charge in [-0.2, -0.15) is 5.10 Å². The van der Waals surface area contributed by atoms with Gasteiger partial charge >= 0.3 is 0 Å². The van der Waals surface area contributed by atoms with E-state index in [1.54, 1.807) is 13.1 Å². The molecule has 2 aliphatic rings. The Kier molecular flexibility index (Phi) is 5.34. The first kappa shape index (κ1) is 18.9. The van der Waals surface area contributed by atoms with Crippen molar-refractivity contribution >= 4 is 29.1 Å². The maximum Gasteiger partial charge on any atom is 0.274 e. The average Bonchev–Trinajstić information content (AvgIpc) is 3.08. The standard InChI is InChI=1S/C19H24N4O2.ClH/c1-22-18(25)15-5-3-2-4-14(15)16(21-22)12-17(24)23-10-7-19(8-11-23)6-9-20-13-19;/h2-5,20H,6-13H2,1H3;1H. The quantitative estimate of drug-likeness (QED) is 0.862. The Morgan fingerprint density at radius 1 is 1.19 bits per heavy atom. The fourth-order valence-corrected chi connectivity index (χ4v) is 4.21. The van der Waals surface area contributed by atoms with Crippen LogP contribution >= 0.6 is 12.4 Å². The highest BCUT2D eigenvalue weighted by atomic mass is 35.5. The van der Waals surface area contributed by atoms with Crippen LogP contribution in [0.25, 0.3) is 10.8 Å². The lowest BCUT2D eigenvalue weighted by molar-refractivity contribution is -0.132. The molecule has 0 aliphatic carbocycles. The van der Waals surface area contributed by atoms with E-state index in [4.69, 9.17) is 0 Å². The van der Waals surface area contributed by atoms with Crippen LogP contribution in [-0.4, -0.2) is 46.8 Å². The number of fused-ring (bicyclic) bond motifs is 1. The predicted octanol–water partition coefficient (Wildman–Crippen LogP) is 1.50. The number of rotatable bonds is 2. The van der Waals surface area contributed by atoms with Crippen molar-refractivity contribution in [1.29, 1.82) is 0 Å². The summed E-state index contributed by atoms with van der Waals surface area (Å²) in [5, 5.41) is 9.21. The van der Waals surface area contributed by atoms with Crippen molar-refractivity contribution in [3.05, 3.63) is 40.3 Å². The van der Waals surface area contributed by atoms with Crippen LogP contribution in [0.4, 0.5) is 0 Å². The van der Waals surface area contributed by atoms with Gasteiger partial charge in [-0.15, -0.1) is 12.4 Å². The maximum absolute atomic E-state index is 12.8. The van der Waals surface area contributed by atoms with E-state index in [-0.39, 0.29) is 30.3 Å². The number of piperidine rings is 1. The molecule has 7 heteroatoms. The van der Waals surface area contributed by atoms with Crippen LogP contribution in [0.5, 0.6) is 0 Å². The molecule has 2 aromatic rings. The number of carbonyl (C=O) groups excluding carboxylic acids is 1. The monoisotopic (exact) mass is 376 g/mol. The van der Waals surface area contributed by atoms with E-state index < -0.39 is 0 Å². The average molecular weight is 377 g/mol. The Bertz CT molecular complexity index is 863. The summed E-state index contributed by atoms with van der Waals surface area (Å²) in [5.74, 6) is 0.108. The number of aromatic nitrogens is 2. The molecule has 0 atom stereocenters. The smallest absolute Gasteiger partial charge is 0.274 e. The van der Waals surface area contributed by atoms with Crippen molar-refractivity contribution in [1.82, 2.24) is 20.0 Å². The van der Waals surface area contributed by atoms with Crippen molar-refractivity contribution in [3.8, 4) is 0 Å². The third kappa shape index (κ3) is 3.35. The van der Waals surface area contributed by atoms with Crippen molar-refractivity contribution < 1.29 is 4.79 Å². The number of likely N-dealkylation sites (tertiary alicyclic amines) is 1. The summed E-state index contributed by atoms with van der Waals surface area (Å²) in [7, 11) is 1.64. The maximum atomic E-state index is 12.8. The summed E-state index contributed by atoms with van der Waals surface area (Å²) >= 11 is 0. The highest BCUT2D eigenvalue weighted by Gasteiger charge is 2.38. The second-order valence-electron chi connectivity index (χ2n) is 7.41. The Morgan fingerprint density at radius 2 is 1.88 bits per heavy atom. The van der Waals surface area contributed by atoms with Crippen molar-refractivity contribution in [2.75, 3.05) is 26.2 Å². The Labute approximate surface area is 159 Å². The largest absolute Gasteiger partial charge is 0.342 e. The summed E-state index contributed by atoms with van der Waals surface area (Å²) in [6.45, 7) is 3.83. The van der Waals surface area contributed by atoms with Crippen molar-refractivity contribution in [3.63, 3.8) is 0 Å². The lowest BCUT2D eigenvalue weighted by atomic mass is 9.78. The van der Waals surface area contributed by atoms with E-state index in [0.29, 0.717) is 16.5 Å². The molecule has 1 aromatic carbocycles. The van der Waals surface area contributed by atoms with Crippen LogP contribution in [0.2, 0.25) is 0 Å². The van der Waals surface area contributed by atoms with Gasteiger partial charge in [-0.1, -0.05) is 18.2 Å². The molecule has 2 fully saturated rings. The number of nitrogens with one attached hydrogen (secondary N) is 1. The molecule has 1 amide bonds. The van der Waals surface area contributed by atoms with E-state index in [2.05, 4.69) is 10.4 Å². The van der Waals surface area contributed by atoms with Gasteiger partial charge in [0.05, 0.1) is 17.5 Å². The molecular formula is C19H25ClN4O2. The number of carbonyl (C=O) groups is 1. The molecule has 2 saturated heterocycles. The zero-order valence-electron chi connectivity index (χ0n) is 15.0. The van der Waals surface area contributed by atoms with Gasteiger partial charge in [-0.25, -0.2) is 4.68 Å². The van der Waals surface area contributed by atoms with Crippen LogP contribution in [0.1, 0.15) is 25.0 Å². The summed E-state index contributed by atoms with van der Waals surface area (Å²) < 4.78 is 1.33. The summed E-state index contributed by atoms with van der Waals surface area (Å²) in [5.41, 5.74) is 0.962. The van der Waals surface area contributed by atoms with E-state index in [0.717, 1.165) is 44.4 Å². The van der Waals surface area contributed by atoms with Gasteiger partial charge in [0.1, 0.15) is 0 Å². The van der Waals surface area contributed by atoms with Gasteiger partial charge in [0.15, 0.2) is 0 Å². The van der Waals surface area contributed by atoms with Gasteiger partial charge in [-0.3, -0.25) is 9.59 Å². The number of hydrogen-bond acceptors (Lipinski definition) is 4. The van der Waals surface area contributed by atoms with E-state index in [1.807, 2.05) is 23.1 Å². The van der Waals surface area contributed by atoms with Gasteiger partial charge < -0.3 is 10.2 Å². The van der Waals surface area contributed by atoms with Crippen LogP contribution in [-0.2, 0) is 18.3 Å². The minimum absolute atomic E-state index is 0. The van der Waals surface area contributed by atoms with Gasteiger partial charge in [0.2, 0.25) is 5.91 Å². The van der Waals surface area contributed by atoms with E-state index in [9.17, 15) is 9.59 Å². The molecule has 2 aliphatic heterocycles. The zero-order valence-corrected chi connectivity index (χ0v) is 15.8. The normalized spacial score (nSPS) is 18.9. The number of benzene rings is 1. The molecule has 26 heavy (non-hydrogen) atoms. The molecule has 3 heterocycles. The molecule has 0 bridgehead atoms. The molecular weight excluding hydrogens is 352 g/mol. The topological polar surface area (TPSA) is 67.2 Å². The van der Waals surface area contributed by atoms with Crippen LogP contribution in [0.3, 0.4) is 0 Å². The van der Waals surface area contributed by atoms with E-state index in [1.165, 1.54) is 11.1 Å².